The number of hydrogen-bond acceptors (Lipinski definition) is 3. The van der Waals surface area contributed by atoms with Gasteiger partial charge in [0.1, 0.15) is 0 Å². The zero-order valence-electron chi connectivity index (χ0n) is 15.1. The van der Waals surface area contributed by atoms with Gasteiger partial charge in [-0.3, -0.25) is 5.10 Å². The van der Waals surface area contributed by atoms with Crippen LogP contribution in [0.3, 0.4) is 0 Å². The average molecular weight is 342 g/mol. The molecule has 0 saturated carbocycles. The number of rotatable bonds is 4. The van der Waals surface area contributed by atoms with Gasteiger partial charge in [0.25, 0.3) is 0 Å². The first-order chi connectivity index (χ1) is 12.0. The molecule has 25 heavy (non-hydrogen) atoms. The maximum Gasteiger partial charge on any atom is 0.322 e. The van der Waals surface area contributed by atoms with Gasteiger partial charge in [-0.15, -0.1) is 0 Å². The molecule has 134 valence electrons. The van der Waals surface area contributed by atoms with Crippen molar-refractivity contribution in [2.24, 2.45) is 0 Å². The summed E-state index contributed by atoms with van der Waals surface area (Å²) in [5.74, 6) is 0. The highest BCUT2D eigenvalue weighted by Crippen LogP contribution is 2.28. The van der Waals surface area contributed by atoms with Crippen molar-refractivity contribution >= 4 is 11.7 Å². The molecule has 0 spiro atoms. The number of urea groups is 1. The van der Waals surface area contributed by atoms with Crippen LogP contribution in [-0.4, -0.2) is 45.9 Å². The molecule has 2 heterocycles. The van der Waals surface area contributed by atoms with Gasteiger partial charge in [0, 0.05) is 36.6 Å². The van der Waals surface area contributed by atoms with Gasteiger partial charge in [0.05, 0.1) is 11.3 Å². The number of nitrogens with zero attached hydrogens (tertiary/aromatic N) is 2. The Labute approximate surface area is 148 Å². The number of nitrogens with one attached hydrogen (secondary N) is 2. The van der Waals surface area contributed by atoms with Gasteiger partial charge < -0.3 is 15.0 Å². The number of carbonyl (C=O) groups is 1. The van der Waals surface area contributed by atoms with E-state index in [9.17, 15) is 4.79 Å². The number of carbonyl (C=O) groups excluding carboxylic acids is 1. The molecular formula is C19H26N4O2. The quantitative estimate of drug-likeness (QED) is 0.885. The van der Waals surface area contributed by atoms with Crippen LogP contribution in [0.1, 0.15) is 33.6 Å². The Bertz CT molecular complexity index is 712. The van der Waals surface area contributed by atoms with Gasteiger partial charge in [-0.2, -0.15) is 5.10 Å². The zero-order chi connectivity index (χ0) is 17.9. The summed E-state index contributed by atoms with van der Waals surface area (Å²) in [6.07, 6.45) is 3.44. The first-order valence-electron chi connectivity index (χ1n) is 8.80. The molecule has 1 aliphatic heterocycles. The fraction of sp³-hybridized carbons (Fsp3) is 0.474. The van der Waals surface area contributed by atoms with Crippen molar-refractivity contribution in [1.29, 1.82) is 0 Å². The highest BCUT2D eigenvalue weighted by Gasteiger charge is 2.33. The fourth-order valence-electron chi connectivity index (χ4n) is 3.41. The molecular weight excluding hydrogens is 316 g/mol. The van der Waals surface area contributed by atoms with Gasteiger partial charge in [0.2, 0.25) is 0 Å². The minimum Gasteiger partial charge on any atom is -0.375 e. The predicted octanol–water partition coefficient (Wildman–Crippen LogP) is 3.89. The summed E-state index contributed by atoms with van der Waals surface area (Å²) in [5.41, 5.74) is 2.51. The third-order valence-electron chi connectivity index (χ3n) is 4.64. The van der Waals surface area contributed by atoms with Gasteiger partial charge in [-0.25, -0.2) is 4.79 Å². The van der Waals surface area contributed by atoms with E-state index < -0.39 is 0 Å². The van der Waals surface area contributed by atoms with Gasteiger partial charge in [0.15, 0.2) is 0 Å². The van der Waals surface area contributed by atoms with E-state index in [0.29, 0.717) is 13.2 Å². The summed E-state index contributed by atoms with van der Waals surface area (Å²) in [4.78, 5) is 14.7. The summed E-state index contributed by atoms with van der Waals surface area (Å²) in [7, 11) is 0. The van der Waals surface area contributed by atoms with Gasteiger partial charge >= 0.3 is 6.03 Å². The third kappa shape index (κ3) is 4.20. The Balaban J connectivity index is 1.71. The average Bonchev–Trinajstić information content (AvgIpc) is 3.09. The summed E-state index contributed by atoms with van der Waals surface area (Å²) in [6, 6.07) is 9.81. The van der Waals surface area contributed by atoms with Crippen molar-refractivity contribution < 1.29 is 9.53 Å². The van der Waals surface area contributed by atoms with Crippen molar-refractivity contribution in [3.05, 3.63) is 36.5 Å². The summed E-state index contributed by atoms with van der Waals surface area (Å²) < 4.78 is 5.78. The highest BCUT2D eigenvalue weighted by molar-refractivity contribution is 5.90. The Morgan fingerprint density at radius 2 is 2.28 bits per heavy atom. The van der Waals surface area contributed by atoms with Gasteiger partial charge in [-0.1, -0.05) is 12.1 Å². The highest BCUT2D eigenvalue weighted by atomic mass is 16.5. The largest absolute Gasteiger partial charge is 0.375 e. The third-order valence-corrected chi connectivity index (χ3v) is 4.64. The minimum absolute atomic E-state index is 0.0630. The molecule has 1 saturated heterocycles. The van der Waals surface area contributed by atoms with Crippen LogP contribution >= 0.6 is 0 Å². The van der Waals surface area contributed by atoms with Crippen molar-refractivity contribution in [2.75, 3.05) is 18.5 Å². The van der Waals surface area contributed by atoms with Crippen LogP contribution in [0.25, 0.3) is 11.3 Å². The molecule has 1 aromatic heterocycles. The number of aromatic nitrogens is 2. The number of benzene rings is 1. The van der Waals surface area contributed by atoms with E-state index >= 15 is 0 Å². The van der Waals surface area contributed by atoms with Crippen LogP contribution in [0.15, 0.2) is 36.5 Å². The smallest absolute Gasteiger partial charge is 0.322 e. The molecule has 2 N–H and O–H groups in total. The monoisotopic (exact) mass is 342 g/mol. The summed E-state index contributed by atoms with van der Waals surface area (Å²) >= 11 is 0. The summed E-state index contributed by atoms with van der Waals surface area (Å²) in [5, 5.41) is 9.95. The standard InChI is InChI=1S/C19H26N4O2/c1-4-23(16-9-11-25-19(2,3)13-16)18(24)21-15-7-5-6-14(12-15)17-8-10-20-22-17/h5-8,10,12,16H,4,9,11,13H2,1-3H3,(H,20,22)(H,21,24)/t16-/m1/s1. The molecule has 1 fully saturated rings. The van der Waals surface area contributed by atoms with Crippen LogP contribution in [0.5, 0.6) is 0 Å². The first kappa shape index (κ1) is 17.5. The van der Waals surface area contributed by atoms with E-state index in [1.165, 1.54) is 0 Å². The molecule has 1 aromatic carbocycles. The SMILES string of the molecule is CCN(C(=O)Nc1cccc(-c2ccn[nH]2)c1)[C@@H]1CCOC(C)(C)C1. The Morgan fingerprint density at radius 3 is 2.96 bits per heavy atom. The number of ether oxygens (including phenoxy) is 1. The molecule has 0 bridgehead atoms. The van der Waals surface area contributed by atoms with Crippen LogP contribution in [-0.2, 0) is 4.74 Å². The maximum absolute atomic E-state index is 12.8. The number of aromatic amines is 1. The van der Waals surface area contributed by atoms with Crippen LogP contribution in [0.2, 0.25) is 0 Å². The van der Waals surface area contributed by atoms with Crippen molar-refractivity contribution in [1.82, 2.24) is 15.1 Å². The summed E-state index contributed by atoms with van der Waals surface area (Å²) in [6.45, 7) is 7.55. The lowest BCUT2D eigenvalue weighted by atomic mass is 9.93. The molecule has 1 atom stereocenters. The van der Waals surface area contributed by atoms with Gasteiger partial charge in [-0.05, 0) is 51.8 Å². The van der Waals surface area contributed by atoms with E-state index in [4.69, 9.17) is 4.74 Å². The molecule has 0 aliphatic carbocycles. The van der Waals surface area contributed by atoms with E-state index in [1.807, 2.05) is 42.2 Å². The molecule has 6 heteroatoms. The molecule has 0 radical (unpaired) electrons. The van der Waals surface area contributed by atoms with E-state index in [1.54, 1.807) is 6.20 Å². The Kier molecular flexibility index (Phi) is 5.08. The second-order valence-electron chi connectivity index (χ2n) is 7.02. The predicted molar refractivity (Wildman–Crippen MR) is 98.5 cm³/mol. The second kappa shape index (κ2) is 7.27. The maximum atomic E-state index is 12.8. The molecule has 2 aromatic rings. The normalized spacial score (nSPS) is 19.4. The second-order valence-corrected chi connectivity index (χ2v) is 7.02. The van der Waals surface area contributed by atoms with Crippen molar-refractivity contribution in [3.63, 3.8) is 0 Å². The fourth-order valence-corrected chi connectivity index (χ4v) is 3.41. The molecule has 1 aliphatic rings. The lowest BCUT2D eigenvalue weighted by Gasteiger charge is -2.40. The van der Waals surface area contributed by atoms with E-state index in [0.717, 1.165) is 29.8 Å². The Morgan fingerprint density at radius 1 is 1.44 bits per heavy atom. The van der Waals surface area contributed by atoms with Crippen molar-refractivity contribution in [3.8, 4) is 11.3 Å². The first-order valence-corrected chi connectivity index (χ1v) is 8.80. The number of anilines is 1. The number of hydrogen-bond donors (Lipinski definition) is 2. The van der Waals surface area contributed by atoms with Crippen molar-refractivity contribution in [2.45, 2.75) is 45.3 Å². The minimum atomic E-state index is -0.183. The molecule has 3 rings (SSSR count). The van der Waals surface area contributed by atoms with Crippen LogP contribution in [0, 0.1) is 0 Å². The van der Waals surface area contributed by atoms with E-state index in [-0.39, 0.29) is 17.7 Å². The lowest BCUT2D eigenvalue weighted by Crippen LogP contribution is -2.49. The zero-order valence-corrected chi connectivity index (χ0v) is 15.1. The van der Waals surface area contributed by atoms with Crippen LogP contribution in [0.4, 0.5) is 10.5 Å². The molecule has 0 unspecified atom stereocenters. The number of amides is 2. The van der Waals surface area contributed by atoms with Crippen LogP contribution < -0.4 is 5.32 Å². The molecule has 6 nitrogen and oxygen atoms in total. The number of H-pyrrole nitrogens is 1. The Hall–Kier alpha value is -2.34. The topological polar surface area (TPSA) is 70.2 Å². The molecule has 2 amide bonds. The van der Waals surface area contributed by atoms with E-state index in [2.05, 4.69) is 29.4 Å². The lowest BCUT2D eigenvalue weighted by molar-refractivity contribution is -0.0758.